The van der Waals surface area contributed by atoms with Crippen molar-refractivity contribution in [1.82, 2.24) is 0 Å². The molecule has 1 rings (SSSR count). The van der Waals surface area contributed by atoms with E-state index in [0.717, 1.165) is 0 Å². The van der Waals surface area contributed by atoms with Crippen LogP contribution in [0.25, 0.3) is 0 Å². The van der Waals surface area contributed by atoms with Gasteiger partial charge in [0, 0.05) is 5.75 Å². The van der Waals surface area contributed by atoms with Crippen molar-refractivity contribution >= 4 is 11.8 Å². The summed E-state index contributed by atoms with van der Waals surface area (Å²) in [6, 6.07) is 6.65. The van der Waals surface area contributed by atoms with E-state index in [2.05, 4.69) is 6.58 Å². The Bertz CT molecular complexity index is 286. The van der Waals surface area contributed by atoms with E-state index in [1.54, 1.807) is 18.2 Å². The van der Waals surface area contributed by atoms with Crippen LogP contribution >= 0.6 is 11.8 Å². The molecular weight excluding hydrogens is 173 g/mol. The Balaban J connectivity index is 2.63. The highest BCUT2D eigenvalue weighted by molar-refractivity contribution is 8.02. The predicted octanol–water partition coefficient (Wildman–Crippen LogP) is 2.49. The minimum atomic E-state index is -0.189. The maximum atomic E-state index is 13.0. The molecule has 0 aromatic heterocycles. The summed E-state index contributed by atoms with van der Waals surface area (Å²) in [7, 11) is 0. The summed E-state index contributed by atoms with van der Waals surface area (Å²) in [6.07, 6.45) is 0. The van der Waals surface area contributed by atoms with Crippen LogP contribution in [0.5, 0.6) is 0 Å². The van der Waals surface area contributed by atoms with Gasteiger partial charge < -0.3 is 5.73 Å². The van der Waals surface area contributed by atoms with Gasteiger partial charge in [0.25, 0.3) is 0 Å². The molecule has 0 unspecified atom stereocenters. The Morgan fingerprint density at radius 1 is 1.50 bits per heavy atom. The standard InChI is InChI=1S/C9H10FNS/c1-7(11)12-6-8-4-2-3-5-9(8)10/h2-5H,1,6,11H2. The van der Waals surface area contributed by atoms with Gasteiger partial charge in [-0.25, -0.2) is 4.39 Å². The molecule has 0 heterocycles. The first kappa shape index (κ1) is 9.13. The number of thioether (sulfide) groups is 1. The van der Waals surface area contributed by atoms with Gasteiger partial charge in [-0.3, -0.25) is 0 Å². The van der Waals surface area contributed by atoms with Crippen molar-refractivity contribution in [2.45, 2.75) is 5.75 Å². The minimum absolute atomic E-state index is 0.189. The summed E-state index contributed by atoms with van der Waals surface area (Å²) in [6.45, 7) is 3.52. The van der Waals surface area contributed by atoms with Gasteiger partial charge in [-0.1, -0.05) is 24.8 Å². The van der Waals surface area contributed by atoms with Crippen LogP contribution < -0.4 is 5.73 Å². The van der Waals surface area contributed by atoms with Gasteiger partial charge in [0.05, 0.1) is 5.03 Å². The number of hydrogen-bond acceptors (Lipinski definition) is 2. The molecule has 0 spiro atoms. The Kier molecular flexibility index (Phi) is 3.17. The highest BCUT2D eigenvalue weighted by Gasteiger charge is 1.99. The third kappa shape index (κ3) is 2.58. The SMILES string of the molecule is C=C(N)SCc1ccccc1F. The maximum Gasteiger partial charge on any atom is 0.127 e. The molecular formula is C9H10FNS. The van der Waals surface area contributed by atoms with Crippen LogP contribution in [-0.2, 0) is 5.75 Å². The van der Waals surface area contributed by atoms with Crippen molar-refractivity contribution in [2.24, 2.45) is 5.73 Å². The average molecular weight is 183 g/mol. The predicted molar refractivity (Wildman–Crippen MR) is 51.0 cm³/mol. The normalized spacial score (nSPS) is 9.75. The monoisotopic (exact) mass is 183 g/mol. The summed E-state index contributed by atoms with van der Waals surface area (Å²) >= 11 is 1.34. The van der Waals surface area contributed by atoms with Crippen LogP contribution in [0.2, 0.25) is 0 Å². The molecule has 1 aromatic rings. The largest absolute Gasteiger partial charge is 0.394 e. The summed E-state index contributed by atoms with van der Waals surface area (Å²) in [5.74, 6) is 0.355. The molecule has 0 aliphatic heterocycles. The van der Waals surface area contributed by atoms with E-state index in [4.69, 9.17) is 5.73 Å². The van der Waals surface area contributed by atoms with Crippen molar-refractivity contribution in [1.29, 1.82) is 0 Å². The fraction of sp³-hybridized carbons (Fsp3) is 0.111. The third-order valence-corrected chi connectivity index (χ3v) is 2.20. The first-order chi connectivity index (χ1) is 5.70. The van der Waals surface area contributed by atoms with Gasteiger partial charge >= 0.3 is 0 Å². The highest BCUT2D eigenvalue weighted by Crippen LogP contribution is 2.17. The van der Waals surface area contributed by atoms with Crippen LogP contribution in [-0.4, -0.2) is 0 Å². The molecule has 0 aliphatic rings. The molecule has 1 aromatic carbocycles. The molecule has 64 valence electrons. The van der Waals surface area contributed by atoms with Crippen molar-refractivity contribution in [3.63, 3.8) is 0 Å². The molecule has 0 amide bonds. The number of halogens is 1. The van der Waals surface area contributed by atoms with Crippen LogP contribution in [0.15, 0.2) is 35.9 Å². The smallest absolute Gasteiger partial charge is 0.127 e. The molecule has 0 atom stereocenters. The van der Waals surface area contributed by atoms with Gasteiger partial charge in [-0.2, -0.15) is 0 Å². The lowest BCUT2D eigenvalue weighted by atomic mass is 10.2. The second-order valence-electron chi connectivity index (χ2n) is 2.35. The number of nitrogens with two attached hydrogens (primary N) is 1. The molecule has 3 heteroatoms. The molecule has 0 radical (unpaired) electrons. The van der Waals surface area contributed by atoms with Crippen LogP contribution in [0.4, 0.5) is 4.39 Å². The highest BCUT2D eigenvalue weighted by atomic mass is 32.2. The third-order valence-electron chi connectivity index (χ3n) is 1.37. The lowest BCUT2D eigenvalue weighted by Gasteiger charge is -2.01. The Morgan fingerprint density at radius 2 is 2.17 bits per heavy atom. The molecule has 0 fully saturated rings. The van der Waals surface area contributed by atoms with Crippen molar-refractivity contribution in [2.75, 3.05) is 0 Å². The van der Waals surface area contributed by atoms with Crippen LogP contribution in [0, 0.1) is 5.82 Å². The molecule has 2 N–H and O–H groups in total. The van der Waals surface area contributed by atoms with Crippen LogP contribution in [0.3, 0.4) is 0 Å². The quantitative estimate of drug-likeness (QED) is 0.779. The Hall–Kier alpha value is -0.960. The summed E-state index contributed by atoms with van der Waals surface area (Å²) < 4.78 is 13.0. The maximum absolute atomic E-state index is 13.0. The zero-order chi connectivity index (χ0) is 8.97. The zero-order valence-corrected chi connectivity index (χ0v) is 7.40. The van der Waals surface area contributed by atoms with E-state index >= 15 is 0 Å². The lowest BCUT2D eigenvalue weighted by Crippen LogP contribution is -1.92. The van der Waals surface area contributed by atoms with Gasteiger partial charge in [-0.15, -0.1) is 11.8 Å². The van der Waals surface area contributed by atoms with Crippen LogP contribution in [0.1, 0.15) is 5.56 Å². The van der Waals surface area contributed by atoms with E-state index in [-0.39, 0.29) is 5.82 Å². The summed E-state index contributed by atoms with van der Waals surface area (Å²) in [4.78, 5) is 0. The molecule has 1 nitrogen and oxygen atoms in total. The summed E-state index contributed by atoms with van der Waals surface area (Å²) in [5.41, 5.74) is 6.00. The lowest BCUT2D eigenvalue weighted by molar-refractivity contribution is 0.617. The number of rotatable bonds is 3. The van der Waals surface area contributed by atoms with Crippen molar-refractivity contribution in [3.8, 4) is 0 Å². The van der Waals surface area contributed by atoms with Gasteiger partial charge in [0.15, 0.2) is 0 Å². The van der Waals surface area contributed by atoms with Gasteiger partial charge in [0.2, 0.25) is 0 Å². The number of benzene rings is 1. The minimum Gasteiger partial charge on any atom is -0.394 e. The molecule has 0 saturated carbocycles. The van der Waals surface area contributed by atoms with E-state index in [0.29, 0.717) is 16.3 Å². The van der Waals surface area contributed by atoms with E-state index in [1.807, 2.05) is 0 Å². The Morgan fingerprint density at radius 3 is 2.75 bits per heavy atom. The van der Waals surface area contributed by atoms with E-state index in [9.17, 15) is 4.39 Å². The number of hydrogen-bond donors (Lipinski definition) is 1. The fourth-order valence-electron chi connectivity index (χ4n) is 0.786. The van der Waals surface area contributed by atoms with E-state index in [1.165, 1.54) is 17.8 Å². The first-order valence-electron chi connectivity index (χ1n) is 3.50. The second kappa shape index (κ2) is 4.16. The van der Waals surface area contributed by atoms with Gasteiger partial charge in [-0.05, 0) is 11.6 Å². The second-order valence-corrected chi connectivity index (χ2v) is 3.45. The first-order valence-corrected chi connectivity index (χ1v) is 4.49. The summed E-state index contributed by atoms with van der Waals surface area (Å²) in [5, 5.41) is 0.512. The molecule has 12 heavy (non-hydrogen) atoms. The van der Waals surface area contributed by atoms with E-state index < -0.39 is 0 Å². The average Bonchev–Trinajstić information content (AvgIpc) is 2.03. The van der Waals surface area contributed by atoms with Crippen molar-refractivity contribution in [3.05, 3.63) is 47.3 Å². The van der Waals surface area contributed by atoms with Gasteiger partial charge in [0.1, 0.15) is 5.82 Å². The fourth-order valence-corrected chi connectivity index (χ4v) is 1.36. The molecule has 0 aliphatic carbocycles. The molecule has 0 saturated heterocycles. The zero-order valence-electron chi connectivity index (χ0n) is 6.59. The Labute approximate surface area is 75.5 Å². The van der Waals surface area contributed by atoms with Crippen molar-refractivity contribution < 1.29 is 4.39 Å². The topological polar surface area (TPSA) is 26.0 Å². The molecule has 0 bridgehead atoms.